The lowest BCUT2D eigenvalue weighted by atomic mass is 9.98. The fourth-order valence-corrected chi connectivity index (χ4v) is 3.71. The predicted molar refractivity (Wildman–Crippen MR) is 112 cm³/mol. The number of fused-ring (bicyclic) bond motifs is 1. The van der Waals surface area contributed by atoms with Crippen LogP contribution in [0.1, 0.15) is 36.3 Å². The number of aromatic amines is 1. The summed E-state index contributed by atoms with van der Waals surface area (Å²) in [4.78, 5) is 29.6. The molecule has 6 heteroatoms. The van der Waals surface area contributed by atoms with Crippen molar-refractivity contribution in [1.29, 1.82) is 0 Å². The van der Waals surface area contributed by atoms with Crippen LogP contribution in [0.3, 0.4) is 0 Å². The highest BCUT2D eigenvalue weighted by molar-refractivity contribution is 5.93. The van der Waals surface area contributed by atoms with Crippen molar-refractivity contribution in [3.05, 3.63) is 65.8 Å². The van der Waals surface area contributed by atoms with Gasteiger partial charge in [-0.05, 0) is 37.1 Å². The highest BCUT2D eigenvalue weighted by atomic mass is 16.3. The van der Waals surface area contributed by atoms with Gasteiger partial charge in [0.25, 0.3) is 0 Å². The number of aryl methyl sites for hydroxylation is 1. The van der Waals surface area contributed by atoms with Crippen molar-refractivity contribution in [3.63, 3.8) is 0 Å². The summed E-state index contributed by atoms with van der Waals surface area (Å²) < 4.78 is 5.42. The van der Waals surface area contributed by atoms with Crippen LogP contribution in [0.15, 0.2) is 53.1 Å². The fourth-order valence-electron chi connectivity index (χ4n) is 3.71. The van der Waals surface area contributed by atoms with E-state index < -0.39 is 0 Å². The summed E-state index contributed by atoms with van der Waals surface area (Å²) >= 11 is 0. The lowest BCUT2D eigenvalue weighted by molar-refractivity contribution is -0.133. The summed E-state index contributed by atoms with van der Waals surface area (Å²) in [6.07, 6.45) is 5.39. The fraction of sp³-hybridized carbons (Fsp3) is 0.304. The summed E-state index contributed by atoms with van der Waals surface area (Å²) in [5.41, 5.74) is 3.59. The number of furan rings is 1. The Labute approximate surface area is 169 Å². The van der Waals surface area contributed by atoms with Crippen LogP contribution in [-0.4, -0.2) is 34.8 Å². The van der Waals surface area contributed by atoms with Gasteiger partial charge < -0.3 is 19.6 Å². The molecule has 0 saturated heterocycles. The highest BCUT2D eigenvalue weighted by Gasteiger charge is 2.20. The zero-order valence-electron chi connectivity index (χ0n) is 16.5. The maximum Gasteiger partial charge on any atom is 0.223 e. The molecule has 0 unspecified atom stereocenters. The van der Waals surface area contributed by atoms with Crippen molar-refractivity contribution < 1.29 is 14.0 Å². The molecule has 1 aromatic carbocycles. The SMILES string of the molecule is Cc1ccc(CNC(=O)CCC(=O)N2CC=C(c3c[nH]c4ccccc34)CC2)o1. The molecule has 0 saturated carbocycles. The predicted octanol–water partition coefficient (Wildman–Crippen LogP) is 3.78. The van der Waals surface area contributed by atoms with Crippen molar-refractivity contribution in [1.82, 2.24) is 15.2 Å². The maximum atomic E-state index is 12.5. The van der Waals surface area contributed by atoms with Gasteiger partial charge in [-0.3, -0.25) is 9.59 Å². The van der Waals surface area contributed by atoms with Crippen molar-refractivity contribution in [3.8, 4) is 0 Å². The Hall–Kier alpha value is -3.28. The molecule has 3 heterocycles. The van der Waals surface area contributed by atoms with Crippen LogP contribution < -0.4 is 5.32 Å². The number of benzene rings is 1. The van der Waals surface area contributed by atoms with E-state index in [2.05, 4.69) is 28.5 Å². The van der Waals surface area contributed by atoms with Crippen molar-refractivity contribution in [2.75, 3.05) is 13.1 Å². The molecular formula is C23H25N3O3. The molecule has 0 atom stereocenters. The maximum absolute atomic E-state index is 12.5. The zero-order valence-corrected chi connectivity index (χ0v) is 16.5. The average molecular weight is 391 g/mol. The molecule has 0 fully saturated rings. The number of hydrogen-bond acceptors (Lipinski definition) is 3. The van der Waals surface area contributed by atoms with Gasteiger partial charge in [-0.25, -0.2) is 0 Å². The van der Waals surface area contributed by atoms with Crippen molar-refractivity contribution >= 4 is 28.3 Å². The second-order valence-corrected chi connectivity index (χ2v) is 7.36. The number of carbonyl (C=O) groups excluding carboxylic acids is 2. The molecule has 29 heavy (non-hydrogen) atoms. The van der Waals surface area contributed by atoms with Gasteiger partial charge in [0.05, 0.1) is 6.54 Å². The number of nitrogens with zero attached hydrogens (tertiary/aromatic N) is 1. The molecule has 0 radical (unpaired) electrons. The van der Waals surface area contributed by atoms with Crippen LogP contribution >= 0.6 is 0 Å². The average Bonchev–Trinajstić information content (AvgIpc) is 3.36. The Bertz CT molecular complexity index is 1060. The largest absolute Gasteiger partial charge is 0.465 e. The first-order valence-corrected chi connectivity index (χ1v) is 9.95. The molecule has 2 aromatic heterocycles. The van der Waals surface area contributed by atoms with E-state index in [0.717, 1.165) is 17.7 Å². The summed E-state index contributed by atoms with van der Waals surface area (Å²) in [7, 11) is 0. The lowest BCUT2D eigenvalue weighted by Gasteiger charge is -2.26. The lowest BCUT2D eigenvalue weighted by Crippen LogP contribution is -2.35. The van der Waals surface area contributed by atoms with E-state index in [4.69, 9.17) is 4.42 Å². The minimum atomic E-state index is -0.139. The Kier molecular flexibility index (Phi) is 5.51. The molecule has 1 aliphatic rings. The van der Waals surface area contributed by atoms with E-state index in [9.17, 15) is 9.59 Å². The number of carbonyl (C=O) groups is 2. The van der Waals surface area contributed by atoms with E-state index in [-0.39, 0.29) is 24.7 Å². The highest BCUT2D eigenvalue weighted by Crippen LogP contribution is 2.29. The van der Waals surface area contributed by atoms with Crippen LogP contribution in [0.2, 0.25) is 0 Å². The first-order chi connectivity index (χ1) is 14.1. The first kappa shape index (κ1) is 19.1. The van der Waals surface area contributed by atoms with Crippen LogP contribution in [0.4, 0.5) is 0 Å². The van der Waals surface area contributed by atoms with Crippen LogP contribution in [0.5, 0.6) is 0 Å². The van der Waals surface area contributed by atoms with E-state index in [1.807, 2.05) is 42.3 Å². The normalized spacial score (nSPS) is 14.1. The van der Waals surface area contributed by atoms with E-state index in [1.165, 1.54) is 16.5 Å². The van der Waals surface area contributed by atoms with E-state index in [1.54, 1.807) is 0 Å². The van der Waals surface area contributed by atoms with Gasteiger partial charge in [0.15, 0.2) is 0 Å². The van der Waals surface area contributed by atoms with Gasteiger partial charge in [-0.15, -0.1) is 0 Å². The monoisotopic (exact) mass is 391 g/mol. The molecule has 6 nitrogen and oxygen atoms in total. The van der Waals surface area contributed by atoms with Crippen molar-refractivity contribution in [2.24, 2.45) is 0 Å². The minimum Gasteiger partial charge on any atom is -0.465 e. The molecule has 2 N–H and O–H groups in total. The Morgan fingerprint density at radius 2 is 2.03 bits per heavy atom. The Morgan fingerprint density at radius 3 is 2.79 bits per heavy atom. The Morgan fingerprint density at radius 1 is 1.17 bits per heavy atom. The van der Waals surface area contributed by atoms with Crippen LogP contribution in [0, 0.1) is 6.92 Å². The summed E-state index contributed by atoms with van der Waals surface area (Å²) in [6.45, 7) is 3.47. The third kappa shape index (κ3) is 4.42. The number of amides is 2. The number of para-hydroxylation sites is 1. The quantitative estimate of drug-likeness (QED) is 0.671. The van der Waals surface area contributed by atoms with Gasteiger partial charge >= 0.3 is 0 Å². The minimum absolute atomic E-state index is 0.0169. The molecule has 1 aliphatic heterocycles. The molecule has 0 spiro atoms. The van der Waals surface area contributed by atoms with Gasteiger partial charge in [0.1, 0.15) is 11.5 Å². The zero-order chi connectivity index (χ0) is 20.2. The molecule has 2 amide bonds. The molecule has 0 bridgehead atoms. The van der Waals surface area contributed by atoms with Crippen LogP contribution in [0.25, 0.3) is 16.5 Å². The second kappa shape index (κ2) is 8.39. The first-order valence-electron chi connectivity index (χ1n) is 9.95. The smallest absolute Gasteiger partial charge is 0.223 e. The van der Waals surface area contributed by atoms with Gasteiger partial charge in [-0.2, -0.15) is 0 Å². The third-order valence-electron chi connectivity index (χ3n) is 5.32. The molecule has 0 aliphatic carbocycles. The molecule has 4 rings (SSSR count). The number of hydrogen-bond donors (Lipinski definition) is 2. The number of rotatable bonds is 6. The Balaban J connectivity index is 1.27. The van der Waals surface area contributed by atoms with Gasteiger partial charge in [0, 0.05) is 48.6 Å². The molecular weight excluding hydrogens is 366 g/mol. The third-order valence-corrected chi connectivity index (χ3v) is 5.32. The summed E-state index contributed by atoms with van der Waals surface area (Å²) in [5.74, 6) is 1.41. The van der Waals surface area contributed by atoms with E-state index >= 15 is 0 Å². The number of H-pyrrole nitrogens is 1. The van der Waals surface area contributed by atoms with Gasteiger partial charge in [-0.1, -0.05) is 24.3 Å². The van der Waals surface area contributed by atoms with Crippen molar-refractivity contribution in [2.45, 2.75) is 32.7 Å². The molecule has 3 aromatic rings. The molecule has 150 valence electrons. The topological polar surface area (TPSA) is 78.3 Å². The summed E-state index contributed by atoms with van der Waals surface area (Å²) in [6, 6.07) is 11.9. The second-order valence-electron chi connectivity index (χ2n) is 7.36. The van der Waals surface area contributed by atoms with Gasteiger partial charge in [0.2, 0.25) is 11.8 Å². The number of nitrogens with one attached hydrogen (secondary N) is 2. The van der Waals surface area contributed by atoms with E-state index in [0.29, 0.717) is 25.4 Å². The summed E-state index contributed by atoms with van der Waals surface area (Å²) in [5, 5.41) is 4.00. The number of aromatic nitrogens is 1. The standard InChI is InChI=1S/C23H25N3O3/c1-16-6-7-18(29-16)14-25-22(27)8-9-23(28)26-12-10-17(11-13-26)20-15-24-21-5-3-2-4-19(20)21/h2-7,10,15,24H,8-9,11-14H2,1H3,(H,25,27). The van der Waals surface area contributed by atoms with Crippen LogP contribution in [-0.2, 0) is 16.1 Å².